The maximum absolute atomic E-state index is 12.9. The summed E-state index contributed by atoms with van der Waals surface area (Å²) in [5.74, 6) is 2.23. The summed E-state index contributed by atoms with van der Waals surface area (Å²) in [4.78, 5) is 38.1. The predicted octanol–water partition coefficient (Wildman–Crippen LogP) is 3.03. The van der Waals surface area contributed by atoms with Gasteiger partial charge < -0.3 is 19.7 Å². The van der Waals surface area contributed by atoms with Crippen LogP contribution in [0.3, 0.4) is 0 Å². The van der Waals surface area contributed by atoms with Gasteiger partial charge in [0.05, 0.1) is 19.7 Å². The van der Waals surface area contributed by atoms with E-state index in [4.69, 9.17) is 9.47 Å². The molecule has 182 valence electrons. The van der Waals surface area contributed by atoms with Crippen molar-refractivity contribution in [1.29, 1.82) is 0 Å². The normalized spacial score (nSPS) is 18.7. The Morgan fingerprint density at radius 2 is 1.71 bits per heavy atom. The molecule has 9 heteroatoms. The van der Waals surface area contributed by atoms with Crippen LogP contribution in [0.1, 0.15) is 18.4 Å². The van der Waals surface area contributed by atoms with Crippen LogP contribution in [0.4, 0.5) is 10.6 Å². The average molecular weight is 476 g/mol. The molecular formula is C26H29N5O4. The van der Waals surface area contributed by atoms with Gasteiger partial charge in [0, 0.05) is 37.5 Å². The van der Waals surface area contributed by atoms with Gasteiger partial charge in [-0.05, 0) is 30.4 Å². The number of carbonyl (C=O) groups is 2. The van der Waals surface area contributed by atoms with Gasteiger partial charge >= 0.3 is 6.03 Å². The summed E-state index contributed by atoms with van der Waals surface area (Å²) in [7, 11) is 3.21. The van der Waals surface area contributed by atoms with Crippen molar-refractivity contribution in [3.05, 3.63) is 54.4 Å². The molecule has 1 N–H and O–H groups in total. The fourth-order valence-electron chi connectivity index (χ4n) is 4.94. The number of fused-ring (bicyclic) bond motifs is 1. The fraction of sp³-hybridized carbons (Fsp3) is 0.385. The van der Waals surface area contributed by atoms with E-state index in [1.807, 2.05) is 42.5 Å². The summed E-state index contributed by atoms with van der Waals surface area (Å²) in [6, 6.07) is 12.7. The van der Waals surface area contributed by atoms with E-state index in [1.165, 1.54) is 4.90 Å². The van der Waals surface area contributed by atoms with Gasteiger partial charge in [0.2, 0.25) is 0 Å². The molecule has 35 heavy (non-hydrogen) atoms. The number of ether oxygens (including phenoxy) is 2. The molecule has 1 unspecified atom stereocenters. The van der Waals surface area contributed by atoms with E-state index in [0.29, 0.717) is 24.5 Å². The lowest BCUT2D eigenvalue weighted by atomic mass is 9.95. The Balaban J connectivity index is 1.24. The second kappa shape index (κ2) is 9.77. The van der Waals surface area contributed by atoms with Gasteiger partial charge in [-0.25, -0.2) is 14.8 Å². The molecule has 0 saturated carbocycles. The number of anilines is 1. The number of hydrogen-bond acceptors (Lipinski definition) is 7. The van der Waals surface area contributed by atoms with Crippen LogP contribution in [-0.2, 0) is 11.2 Å². The molecule has 0 aliphatic carbocycles. The molecule has 2 aromatic carbocycles. The van der Waals surface area contributed by atoms with Gasteiger partial charge in [-0.1, -0.05) is 30.3 Å². The molecule has 0 radical (unpaired) electrons. The monoisotopic (exact) mass is 475 g/mol. The summed E-state index contributed by atoms with van der Waals surface area (Å²) < 4.78 is 10.9. The number of nitrogens with one attached hydrogen (secondary N) is 1. The minimum atomic E-state index is -0.496. The number of hydrogen-bond donors (Lipinski definition) is 1. The Kier molecular flexibility index (Phi) is 6.39. The largest absolute Gasteiger partial charge is 0.493 e. The molecule has 3 amide bonds. The zero-order chi connectivity index (χ0) is 24.4. The molecule has 0 bridgehead atoms. The Bertz CT molecular complexity index is 1230. The van der Waals surface area contributed by atoms with Crippen molar-refractivity contribution in [1.82, 2.24) is 20.2 Å². The second-order valence-corrected chi connectivity index (χ2v) is 8.99. The van der Waals surface area contributed by atoms with Crippen molar-refractivity contribution in [3.8, 4) is 11.5 Å². The van der Waals surface area contributed by atoms with Gasteiger partial charge in [-0.15, -0.1) is 0 Å². The van der Waals surface area contributed by atoms with Gasteiger partial charge in [0.15, 0.2) is 11.5 Å². The van der Waals surface area contributed by atoms with Gasteiger partial charge in [0.25, 0.3) is 5.91 Å². The first-order valence-electron chi connectivity index (χ1n) is 11.8. The van der Waals surface area contributed by atoms with Crippen molar-refractivity contribution >= 4 is 28.7 Å². The SMILES string of the molecule is COc1cc2ncnc(N3CCC(CN4C(=O)NC(Cc5ccccc5)C4=O)CC3)c2cc1OC. The quantitative estimate of drug-likeness (QED) is 0.525. The highest BCUT2D eigenvalue weighted by atomic mass is 16.5. The zero-order valence-corrected chi connectivity index (χ0v) is 19.9. The number of imide groups is 1. The van der Waals surface area contributed by atoms with Gasteiger partial charge in [0.1, 0.15) is 18.2 Å². The summed E-state index contributed by atoms with van der Waals surface area (Å²) in [6.07, 6.45) is 3.80. The van der Waals surface area contributed by atoms with E-state index in [9.17, 15) is 9.59 Å². The number of methoxy groups -OCH3 is 2. The first-order chi connectivity index (χ1) is 17.1. The van der Waals surface area contributed by atoms with Gasteiger partial charge in [-0.2, -0.15) is 0 Å². The third-order valence-corrected chi connectivity index (χ3v) is 6.86. The molecule has 1 atom stereocenters. The van der Waals surface area contributed by atoms with E-state index in [2.05, 4.69) is 20.2 Å². The molecular weight excluding hydrogens is 446 g/mol. The highest BCUT2D eigenvalue weighted by Gasteiger charge is 2.39. The number of rotatable bonds is 7. The maximum Gasteiger partial charge on any atom is 0.324 e. The average Bonchev–Trinajstić information content (AvgIpc) is 3.15. The Hall–Kier alpha value is -3.88. The fourth-order valence-corrected chi connectivity index (χ4v) is 4.94. The molecule has 3 aromatic rings. The smallest absolute Gasteiger partial charge is 0.324 e. The van der Waals surface area contributed by atoms with Crippen molar-refractivity contribution in [3.63, 3.8) is 0 Å². The number of carbonyl (C=O) groups excluding carboxylic acids is 2. The Morgan fingerprint density at radius 1 is 1.00 bits per heavy atom. The maximum atomic E-state index is 12.9. The summed E-state index contributed by atoms with van der Waals surface area (Å²) in [5, 5.41) is 3.76. The zero-order valence-electron chi connectivity index (χ0n) is 19.9. The lowest BCUT2D eigenvalue weighted by Gasteiger charge is -2.34. The molecule has 5 rings (SSSR count). The topological polar surface area (TPSA) is 96.9 Å². The Morgan fingerprint density at radius 3 is 2.43 bits per heavy atom. The van der Waals surface area contributed by atoms with E-state index in [1.54, 1.807) is 20.5 Å². The van der Waals surface area contributed by atoms with Crippen LogP contribution in [-0.4, -0.2) is 66.7 Å². The summed E-state index contributed by atoms with van der Waals surface area (Å²) in [5.41, 5.74) is 1.83. The number of urea groups is 1. The third kappa shape index (κ3) is 4.58. The molecule has 2 saturated heterocycles. The van der Waals surface area contributed by atoms with E-state index in [0.717, 1.165) is 48.2 Å². The second-order valence-electron chi connectivity index (χ2n) is 8.99. The van der Waals surface area contributed by atoms with E-state index >= 15 is 0 Å². The van der Waals surface area contributed by atoms with E-state index in [-0.39, 0.29) is 17.9 Å². The van der Waals surface area contributed by atoms with Crippen molar-refractivity contribution < 1.29 is 19.1 Å². The van der Waals surface area contributed by atoms with Crippen LogP contribution < -0.4 is 19.7 Å². The van der Waals surface area contributed by atoms with Crippen LogP contribution in [0.15, 0.2) is 48.8 Å². The molecule has 3 heterocycles. The molecule has 2 fully saturated rings. The minimum Gasteiger partial charge on any atom is -0.493 e. The van der Waals surface area contributed by atoms with Crippen LogP contribution in [0.2, 0.25) is 0 Å². The lowest BCUT2D eigenvalue weighted by Crippen LogP contribution is -2.41. The van der Waals surface area contributed by atoms with Crippen molar-refractivity contribution in [2.45, 2.75) is 25.3 Å². The molecule has 2 aliphatic rings. The summed E-state index contributed by atoms with van der Waals surface area (Å²) in [6.45, 7) is 2.00. The van der Waals surface area contributed by atoms with Crippen LogP contribution in [0.25, 0.3) is 10.9 Å². The third-order valence-electron chi connectivity index (χ3n) is 6.86. The molecule has 2 aliphatic heterocycles. The first-order valence-corrected chi connectivity index (χ1v) is 11.8. The molecule has 1 aromatic heterocycles. The van der Waals surface area contributed by atoms with Crippen LogP contribution in [0, 0.1) is 5.92 Å². The number of aromatic nitrogens is 2. The van der Waals surface area contributed by atoms with Crippen LogP contribution in [0.5, 0.6) is 11.5 Å². The lowest BCUT2D eigenvalue weighted by molar-refractivity contribution is -0.127. The minimum absolute atomic E-state index is 0.135. The Labute approximate surface area is 204 Å². The summed E-state index contributed by atoms with van der Waals surface area (Å²) >= 11 is 0. The van der Waals surface area contributed by atoms with Gasteiger partial charge in [-0.3, -0.25) is 9.69 Å². The number of benzene rings is 2. The highest BCUT2D eigenvalue weighted by Crippen LogP contribution is 2.35. The van der Waals surface area contributed by atoms with Crippen molar-refractivity contribution in [2.75, 3.05) is 38.8 Å². The van der Waals surface area contributed by atoms with Crippen molar-refractivity contribution in [2.24, 2.45) is 5.92 Å². The molecule has 9 nitrogen and oxygen atoms in total. The highest BCUT2D eigenvalue weighted by molar-refractivity contribution is 6.04. The number of amides is 3. The van der Waals surface area contributed by atoms with E-state index < -0.39 is 6.04 Å². The standard InChI is InChI=1S/C26H29N5O4/c1-34-22-13-19-20(14-23(22)35-2)27-16-28-24(19)30-10-8-18(9-11-30)15-31-25(32)21(29-26(31)33)12-17-6-4-3-5-7-17/h3-7,13-14,16,18,21H,8-12,15H2,1-2H3,(H,29,33). The number of piperidine rings is 1. The molecule has 0 spiro atoms. The van der Waals surface area contributed by atoms with Crippen LogP contribution >= 0.6 is 0 Å². The number of nitrogens with zero attached hydrogens (tertiary/aromatic N) is 4. The predicted molar refractivity (Wildman–Crippen MR) is 132 cm³/mol. The first kappa shape index (κ1) is 22.9.